The summed E-state index contributed by atoms with van der Waals surface area (Å²) >= 11 is 5.02. The summed E-state index contributed by atoms with van der Waals surface area (Å²) in [6, 6.07) is 0. The van der Waals surface area contributed by atoms with E-state index in [0.717, 1.165) is 12.8 Å². The summed E-state index contributed by atoms with van der Waals surface area (Å²) in [7, 11) is 0. The van der Waals surface area contributed by atoms with Crippen molar-refractivity contribution in [3.05, 3.63) is 0 Å². The summed E-state index contributed by atoms with van der Waals surface area (Å²) in [5, 5.41) is 44.0. The van der Waals surface area contributed by atoms with Crippen LogP contribution in [-0.4, -0.2) is 69.3 Å². The maximum atomic E-state index is 9.78. The third-order valence-electron chi connectivity index (χ3n) is 2.98. The molecular weight excluding hydrogens is 272 g/mol. The zero-order valence-corrected chi connectivity index (χ0v) is 11.6. The Morgan fingerprint density at radius 1 is 1.21 bits per heavy atom. The van der Waals surface area contributed by atoms with Gasteiger partial charge in [-0.05, 0) is 18.6 Å². The Hall–Kier alpha value is -0.510. The smallest absolute Gasteiger partial charge is 0.168 e. The second-order valence-corrected chi connectivity index (χ2v) is 4.91. The van der Waals surface area contributed by atoms with E-state index in [1.807, 2.05) is 0 Å². The predicted octanol–water partition coefficient (Wildman–Crippen LogP) is -1.95. The molecule has 1 aliphatic heterocycles. The van der Waals surface area contributed by atoms with Crippen molar-refractivity contribution in [3.63, 3.8) is 0 Å². The maximum absolute atomic E-state index is 9.78. The van der Waals surface area contributed by atoms with Crippen LogP contribution >= 0.6 is 12.2 Å². The minimum absolute atomic E-state index is 0.290. The van der Waals surface area contributed by atoms with Crippen molar-refractivity contribution in [2.24, 2.45) is 0 Å². The van der Waals surface area contributed by atoms with Gasteiger partial charge in [0.25, 0.3) is 0 Å². The average Bonchev–Trinajstić information content (AvgIpc) is 2.39. The highest BCUT2D eigenvalue weighted by Crippen LogP contribution is 2.19. The lowest BCUT2D eigenvalue weighted by atomic mass is 9.98. The van der Waals surface area contributed by atoms with Gasteiger partial charge >= 0.3 is 0 Å². The van der Waals surface area contributed by atoms with Crippen molar-refractivity contribution in [2.45, 2.75) is 50.4 Å². The minimum atomic E-state index is -1.40. The highest BCUT2D eigenvalue weighted by atomic mass is 32.1. The number of nitrogens with one attached hydrogen (secondary N) is 2. The monoisotopic (exact) mass is 294 g/mol. The average molecular weight is 294 g/mol. The van der Waals surface area contributed by atoms with Crippen LogP contribution in [0.25, 0.3) is 0 Å². The molecule has 1 heterocycles. The first-order valence-electron chi connectivity index (χ1n) is 6.36. The van der Waals surface area contributed by atoms with E-state index in [1.165, 1.54) is 0 Å². The van der Waals surface area contributed by atoms with Crippen molar-refractivity contribution in [2.75, 3.05) is 13.2 Å². The number of hydrogen-bond donors (Lipinski definition) is 6. The van der Waals surface area contributed by atoms with Crippen molar-refractivity contribution in [1.82, 2.24) is 10.6 Å². The largest absolute Gasteiger partial charge is 0.394 e. The zero-order valence-electron chi connectivity index (χ0n) is 10.8. The summed E-state index contributed by atoms with van der Waals surface area (Å²) in [5.74, 6) is 0. The van der Waals surface area contributed by atoms with Gasteiger partial charge in [0, 0.05) is 6.54 Å². The fourth-order valence-corrected chi connectivity index (χ4v) is 2.00. The molecule has 8 heteroatoms. The Balaban J connectivity index is 2.49. The van der Waals surface area contributed by atoms with Crippen LogP contribution in [0.3, 0.4) is 0 Å². The Kier molecular flexibility index (Phi) is 6.90. The summed E-state index contributed by atoms with van der Waals surface area (Å²) in [4.78, 5) is 0. The van der Waals surface area contributed by atoms with Gasteiger partial charge in [-0.1, -0.05) is 13.3 Å². The van der Waals surface area contributed by atoms with Crippen LogP contribution in [-0.2, 0) is 4.74 Å². The van der Waals surface area contributed by atoms with Gasteiger partial charge < -0.3 is 35.8 Å². The number of rotatable bonds is 5. The number of aliphatic hydroxyl groups excluding tert-OH is 4. The van der Waals surface area contributed by atoms with Gasteiger partial charge in [0.2, 0.25) is 0 Å². The molecule has 0 aliphatic carbocycles. The molecule has 0 saturated carbocycles. The van der Waals surface area contributed by atoms with E-state index in [1.54, 1.807) is 0 Å². The second kappa shape index (κ2) is 7.93. The lowest BCUT2D eigenvalue weighted by molar-refractivity contribution is -0.232. The molecule has 6 N–H and O–H groups in total. The van der Waals surface area contributed by atoms with Crippen LogP contribution < -0.4 is 10.6 Å². The van der Waals surface area contributed by atoms with Crippen LogP contribution in [0.4, 0.5) is 0 Å². The van der Waals surface area contributed by atoms with Crippen LogP contribution in [0.2, 0.25) is 0 Å². The lowest BCUT2D eigenvalue weighted by Crippen LogP contribution is -2.64. The van der Waals surface area contributed by atoms with Gasteiger partial charge in [0.05, 0.1) is 6.61 Å². The standard InChI is InChI=1S/C11H22N2O5S/c1-2-3-4-12-11(19)13-10-9(17)8(16)7(15)6(5-14)18-10/h6-10,14-17H,2-5H2,1H3,(H2,12,13,19). The van der Waals surface area contributed by atoms with Crippen molar-refractivity contribution in [3.8, 4) is 0 Å². The summed E-state index contributed by atoms with van der Waals surface area (Å²) in [5.41, 5.74) is 0. The minimum Gasteiger partial charge on any atom is -0.394 e. The number of unbranched alkanes of at least 4 members (excludes halogenated alkanes) is 1. The Morgan fingerprint density at radius 2 is 1.89 bits per heavy atom. The van der Waals surface area contributed by atoms with E-state index in [0.29, 0.717) is 6.54 Å². The quantitative estimate of drug-likeness (QED) is 0.256. The molecule has 0 amide bonds. The third-order valence-corrected chi connectivity index (χ3v) is 3.24. The molecule has 5 unspecified atom stereocenters. The molecule has 1 aliphatic rings. The maximum Gasteiger partial charge on any atom is 0.168 e. The first-order valence-corrected chi connectivity index (χ1v) is 6.77. The molecule has 0 bridgehead atoms. The first-order chi connectivity index (χ1) is 9.01. The summed E-state index contributed by atoms with van der Waals surface area (Å²) in [6.45, 7) is 2.29. The molecule has 5 atom stereocenters. The Morgan fingerprint density at radius 3 is 2.47 bits per heavy atom. The Labute approximate surface area is 117 Å². The van der Waals surface area contributed by atoms with Crippen LogP contribution in [0.1, 0.15) is 19.8 Å². The van der Waals surface area contributed by atoms with Crippen LogP contribution in [0.15, 0.2) is 0 Å². The van der Waals surface area contributed by atoms with Crippen molar-refractivity contribution < 1.29 is 25.2 Å². The van der Waals surface area contributed by atoms with E-state index in [2.05, 4.69) is 17.6 Å². The van der Waals surface area contributed by atoms with Gasteiger partial charge in [0.1, 0.15) is 24.4 Å². The molecule has 0 radical (unpaired) electrons. The third kappa shape index (κ3) is 4.51. The SMILES string of the molecule is CCCCNC(=S)NC1OC(CO)C(O)C(O)C1O. The van der Waals surface area contributed by atoms with E-state index in [-0.39, 0.29) is 5.11 Å². The van der Waals surface area contributed by atoms with Gasteiger partial charge in [-0.15, -0.1) is 0 Å². The molecule has 19 heavy (non-hydrogen) atoms. The van der Waals surface area contributed by atoms with Gasteiger partial charge in [-0.2, -0.15) is 0 Å². The van der Waals surface area contributed by atoms with E-state index < -0.39 is 37.3 Å². The fourth-order valence-electron chi connectivity index (χ4n) is 1.78. The van der Waals surface area contributed by atoms with E-state index in [4.69, 9.17) is 22.1 Å². The molecule has 1 saturated heterocycles. The van der Waals surface area contributed by atoms with Crippen LogP contribution in [0.5, 0.6) is 0 Å². The van der Waals surface area contributed by atoms with Crippen LogP contribution in [0, 0.1) is 0 Å². The Bertz CT molecular complexity index is 292. The van der Waals surface area contributed by atoms with E-state index in [9.17, 15) is 15.3 Å². The molecule has 1 rings (SSSR count). The van der Waals surface area contributed by atoms with Gasteiger partial charge in [0.15, 0.2) is 11.3 Å². The van der Waals surface area contributed by atoms with Gasteiger partial charge in [-0.25, -0.2) is 0 Å². The molecule has 7 nitrogen and oxygen atoms in total. The van der Waals surface area contributed by atoms with Crippen molar-refractivity contribution in [1.29, 1.82) is 0 Å². The van der Waals surface area contributed by atoms with Crippen molar-refractivity contribution >= 4 is 17.3 Å². The summed E-state index contributed by atoms with van der Waals surface area (Å²) < 4.78 is 5.26. The number of thiocarbonyl (C=S) groups is 1. The first kappa shape index (κ1) is 16.5. The number of hydrogen-bond acceptors (Lipinski definition) is 6. The highest BCUT2D eigenvalue weighted by molar-refractivity contribution is 7.80. The molecule has 0 spiro atoms. The second-order valence-electron chi connectivity index (χ2n) is 4.50. The zero-order chi connectivity index (χ0) is 14.4. The van der Waals surface area contributed by atoms with E-state index >= 15 is 0 Å². The van der Waals surface area contributed by atoms with Gasteiger partial charge in [-0.3, -0.25) is 0 Å². The fraction of sp³-hybridized carbons (Fsp3) is 0.909. The number of ether oxygens (including phenoxy) is 1. The molecule has 0 aromatic rings. The molecule has 1 fully saturated rings. The molecule has 0 aromatic carbocycles. The lowest BCUT2D eigenvalue weighted by Gasteiger charge is -2.40. The highest BCUT2D eigenvalue weighted by Gasteiger charge is 2.43. The summed E-state index contributed by atoms with van der Waals surface area (Å²) in [6.07, 6.45) is -4.02. The molecule has 0 aromatic heterocycles. The predicted molar refractivity (Wildman–Crippen MR) is 72.4 cm³/mol. The molecule has 112 valence electrons. The molecular formula is C11H22N2O5S. The number of aliphatic hydroxyl groups is 4. The normalized spacial score (nSPS) is 34.9. The topological polar surface area (TPSA) is 114 Å².